The summed E-state index contributed by atoms with van der Waals surface area (Å²) in [5.41, 5.74) is 1.73. The molecule has 1 heterocycles. The molecule has 7 nitrogen and oxygen atoms in total. The van der Waals surface area contributed by atoms with Crippen LogP contribution in [0.3, 0.4) is 0 Å². The Morgan fingerprint density at radius 3 is 2.31 bits per heavy atom. The molecule has 1 fully saturated rings. The van der Waals surface area contributed by atoms with Crippen LogP contribution in [-0.4, -0.2) is 37.1 Å². The highest BCUT2D eigenvalue weighted by molar-refractivity contribution is 7.89. The summed E-state index contributed by atoms with van der Waals surface area (Å²) in [4.78, 5) is 24.1. The maximum Gasteiger partial charge on any atom is 0.243 e. The Hall–Kier alpha value is -2.78. The molecule has 3 rings (SSSR count). The molecule has 1 aliphatic rings. The molecule has 0 bridgehead atoms. The van der Waals surface area contributed by atoms with Crippen molar-refractivity contribution < 1.29 is 22.4 Å². The van der Waals surface area contributed by atoms with Crippen molar-refractivity contribution in [2.75, 3.05) is 17.2 Å². The van der Waals surface area contributed by atoms with Gasteiger partial charge in [-0.25, -0.2) is 12.8 Å². The molecule has 1 aliphatic heterocycles. The van der Waals surface area contributed by atoms with Gasteiger partial charge in [-0.3, -0.25) is 9.59 Å². The number of anilines is 2. The van der Waals surface area contributed by atoms with Crippen LogP contribution in [0.15, 0.2) is 47.4 Å². The largest absolute Gasteiger partial charge is 0.326 e. The topological polar surface area (TPSA) is 95.6 Å². The van der Waals surface area contributed by atoms with Crippen LogP contribution >= 0.6 is 0 Å². The van der Waals surface area contributed by atoms with Gasteiger partial charge in [0.2, 0.25) is 21.8 Å². The quantitative estimate of drug-likeness (QED) is 0.779. The van der Waals surface area contributed by atoms with Crippen LogP contribution in [-0.2, 0) is 19.6 Å². The molecule has 1 atom stereocenters. The summed E-state index contributed by atoms with van der Waals surface area (Å²) >= 11 is 0. The highest BCUT2D eigenvalue weighted by Crippen LogP contribution is 2.29. The van der Waals surface area contributed by atoms with Crippen molar-refractivity contribution >= 4 is 33.2 Å². The van der Waals surface area contributed by atoms with Gasteiger partial charge in [-0.1, -0.05) is 6.07 Å². The minimum atomic E-state index is -3.93. The van der Waals surface area contributed by atoms with Gasteiger partial charge in [0, 0.05) is 24.8 Å². The second kappa shape index (κ2) is 8.30. The summed E-state index contributed by atoms with van der Waals surface area (Å²) in [6, 6.07) is 8.77. The third kappa shape index (κ3) is 4.46. The number of rotatable bonds is 5. The van der Waals surface area contributed by atoms with Crippen LogP contribution in [0.2, 0.25) is 0 Å². The summed E-state index contributed by atoms with van der Waals surface area (Å²) in [7, 11) is -3.93. The Bertz CT molecular complexity index is 1040. The molecular formula is C20H22FN3O4S. The lowest BCUT2D eigenvalue weighted by Gasteiger charge is -2.24. The molecule has 154 valence electrons. The van der Waals surface area contributed by atoms with Gasteiger partial charge < -0.3 is 10.6 Å². The zero-order valence-electron chi connectivity index (χ0n) is 16.1. The Morgan fingerprint density at radius 1 is 1.07 bits per heavy atom. The monoisotopic (exact) mass is 419 g/mol. The van der Waals surface area contributed by atoms with Gasteiger partial charge in [0.05, 0.1) is 4.90 Å². The fourth-order valence-electron chi connectivity index (χ4n) is 3.34. The number of amides is 2. The van der Waals surface area contributed by atoms with Gasteiger partial charge in [0.25, 0.3) is 0 Å². The fraction of sp³-hybridized carbons (Fsp3) is 0.300. The number of benzene rings is 2. The van der Waals surface area contributed by atoms with E-state index in [4.69, 9.17) is 0 Å². The zero-order chi connectivity index (χ0) is 21.2. The molecule has 1 saturated heterocycles. The predicted octanol–water partition coefficient (Wildman–Crippen LogP) is 2.88. The van der Waals surface area contributed by atoms with E-state index in [1.165, 1.54) is 19.1 Å². The van der Waals surface area contributed by atoms with Gasteiger partial charge in [-0.15, -0.1) is 0 Å². The number of carbonyl (C=O) groups excluding carboxylic acids is 2. The molecule has 0 aromatic heterocycles. The van der Waals surface area contributed by atoms with E-state index in [0.29, 0.717) is 29.8 Å². The molecule has 2 N–H and O–H groups in total. The minimum absolute atomic E-state index is 0.0533. The third-order valence-electron chi connectivity index (χ3n) is 4.83. The van der Waals surface area contributed by atoms with E-state index in [1.807, 2.05) is 0 Å². The molecule has 9 heteroatoms. The molecule has 0 spiro atoms. The van der Waals surface area contributed by atoms with Crippen molar-refractivity contribution in [2.45, 2.75) is 37.6 Å². The summed E-state index contributed by atoms with van der Waals surface area (Å²) in [6.45, 7) is 3.35. The smallest absolute Gasteiger partial charge is 0.243 e. The van der Waals surface area contributed by atoms with Crippen LogP contribution < -0.4 is 10.6 Å². The molecule has 2 aromatic carbocycles. The van der Waals surface area contributed by atoms with Crippen molar-refractivity contribution in [2.24, 2.45) is 0 Å². The molecule has 0 aliphatic carbocycles. The van der Waals surface area contributed by atoms with Crippen LogP contribution in [0.1, 0.15) is 25.3 Å². The standard InChI is InChI=1S/C20H22FN3O4S/c1-13-17(22-14(2)25)5-3-6-18(13)23-20(26)19-7-4-12-24(19)29(27,28)16-10-8-15(21)9-11-16/h3,5-6,8-11,19H,4,7,12H2,1-2H3,(H,22,25)(H,23,26)/t19-/m0/s1. The van der Waals surface area contributed by atoms with Gasteiger partial charge in [0.1, 0.15) is 11.9 Å². The molecule has 2 amide bonds. The number of carbonyl (C=O) groups is 2. The van der Waals surface area contributed by atoms with E-state index < -0.39 is 27.8 Å². The average molecular weight is 419 g/mol. The van der Waals surface area contributed by atoms with Crippen molar-refractivity contribution in [3.8, 4) is 0 Å². The minimum Gasteiger partial charge on any atom is -0.326 e. The lowest BCUT2D eigenvalue weighted by atomic mass is 10.1. The Morgan fingerprint density at radius 2 is 1.69 bits per heavy atom. The predicted molar refractivity (Wildman–Crippen MR) is 107 cm³/mol. The van der Waals surface area contributed by atoms with E-state index in [1.54, 1.807) is 25.1 Å². The van der Waals surface area contributed by atoms with Crippen LogP contribution in [0.25, 0.3) is 0 Å². The second-order valence-electron chi connectivity index (χ2n) is 6.88. The van der Waals surface area contributed by atoms with E-state index in [-0.39, 0.29) is 17.3 Å². The maximum atomic E-state index is 13.2. The number of nitrogens with zero attached hydrogens (tertiary/aromatic N) is 1. The maximum absolute atomic E-state index is 13.2. The van der Waals surface area contributed by atoms with Crippen molar-refractivity contribution in [3.63, 3.8) is 0 Å². The molecule has 2 aromatic rings. The highest BCUT2D eigenvalue weighted by Gasteiger charge is 2.39. The SMILES string of the molecule is CC(=O)Nc1cccc(NC(=O)[C@@H]2CCCN2S(=O)(=O)c2ccc(F)cc2)c1C. The van der Waals surface area contributed by atoms with E-state index in [9.17, 15) is 22.4 Å². The molecule has 0 radical (unpaired) electrons. The van der Waals surface area contributed by atoms with Gasteiger partial charge in [0.15, 0.2) is 0 Å². The van der Waals surface area contributed by atoms with E-state index >= 15 is 0 Å². The summed E-state index contributed by atoms with van der Waals surface area (Å²) in [5, 5.41) is 5.46. The first-order valence-electron chi connectivity index (χ1n) is 9.15. The first-order valence-corrected chi connectivity index (χ1v) is 10.6. The second-order valence-corrected chi connectivity index (χ2v) is 8.77. The lowest BCUT2D eigenvalue weighted by Crippen LogP contribution is -2.43. The van der Waals surface area contributed by atoms with Gasteiger partial charge in [-0.05, 0) is 61.7 Å². The summed E-state index contributed by atoms with van der Waals surface area (Å²) < 4.78 is 40.2. The fourth-order valence-corrected chi connectivity index (χ4v) is 5.00. The van der Waals surface area contributed by atoms with E-state index in [2.05, 4.69) is 10.6 Å². The molecule has 29 heavy (non-hydrogen) atoms. The van der Waals surface area contributed by atoms with E-state index in [0.717, 1.165) is 16.4 Å². The Labute approximate surface area is 169 Å². The van der Waals surface area contributed by atoms with Gasteiger partial charge >= 0.3 is 0 Å². The van der Waals surface area contributed by atoms with Crippen LogP contribution in [0, 0.1) is 12.7 Å². The van der Waals surface area contributed by atoms with Crippen molar-refractivity contribution in [1.82, 2.24) is 4.31 Å². The third-order valence-corrected chi connectivity index (χ3v) is 6.75. The van der Waals surface area contributed by atoms with Gasteiger partial charge in [-0.2, -0.15) is 4.31 Å². The van der Waals surface area contributed by atoms with Crippen LogP contribution in [0.5, 0.6) is 0 Å². The Kier molecular flexibility index (Phi) is 5.99. The lowest BCUT2D eigenvalue weighted by molar-refractivity contribution is -0.119. The molecule has 0 saturated carbocycles. The number of sulfonamides is 1. The number of hydrogen-bond donors (Lipinski definition) is 2. The first kappa shape index (κ1) is 20.9. The molecule has 0 unspecified atom stereocenters. The van der Waals surface area contributed by atoms with Crippen molar-refractivity contribution in [1.29, 1.82) is 0 Å². The molecular weight excluding hydrogens is 397 g/mol. The zero-order valence-corrected chi connectivity index (χ0v) is 16.9. The normalized spacial score (nSPS) is 17.1. The number of nitrogens with one attached hydrogen (secondary N) is 2. The average Bonchev–Trinajstić information content (AvgIpc) is 3.16. The number of halogens is 1. The Balaban J connectivity index is 1.82. The summed E-state index contributed by atoms with van der Waals surface area (Å²) in [6.07, 6.45) is 0.931. The number of hydrogen-bond acceptors (Lipinski definition) is 4. The highest BCUT2D eigenvalue weighted by atomic mass is 32.2. The van der Waals surface area contributed by atoms with Crippen LogP contribution in [0.4, 0.5) is 15.8 Å². The van der Waals surface area contributed by atoms with Crippen molar-refractivity contribution in [3.05, 3.63) is 53.8 Å². The summed E-state index contributed by atoms with van der Waals surface area (Å²) in [5.74, 6) is -1.21. The first-order chi connectivity index (χ1) is 13.7.